The third-order valence-electron chi connectivity index (χ3n) is 4.99. The van der Waals surface area contributed by atoms with Gasteiger partial charge in [0.15, 0.2) is 5.69 Å². The Balaban J connectivity index is 1.85. The number of hydrogen-bond acceptors (Lipinski definition) is 4. The maximum Gasteiger partial charge on any atom is 0.276 e. The summed E-state index contributed by atoms with van der Waals surface area (Å²) < 4.78 is 1.39. The number of fused-ring (bicyclic) bond motifs is 1. The highest BCUT2D eigenvalue weighted by Crippen LogP contribution is 2.18. The molecule has 3 rings (SSSR count). The summed E-state index contributed by atoms with van der Waals surface area (Å²) in [5, 5.41) is 11.0. The first-order valence-electron chi connectivity index (χ1n) is 10.6. The van der Waals surface area contributed by atoms with Crippen LogP contribution in [0.4, 0.5) is 11.4 Å². The lowest BCUT2D eigenvalue weighted by molar-refractivity contribution is -0.118. The quantitative estimate of drug-likeness (QED) is 0.527. The Bertz CT molecular complexity index is 1130. The Labute approximate surface area is 181 Å². The second-order valence-electron chi connectivity index (χ2n) is 7.81. The van der Waals surface area contributed by atoms with Crippen LogP contribution in [0.2, 0.25) is 0 Å². The van der Waals surface area contributed by atoms with Crippen LogP contribution in [-0.2, 0) is 11.3 Å². The molecule has 1 aromatic heterocycles. The number of unbranched alkanes of at least 4 members (excludes halogenated alkanes) is 2. The van der Waals surface area contributed by atoms with E-state index in [1.165, 1.54) is 4.68 Å². The van der Waals surface area contributed by atoms with Crippen molar-refractivity contribution < 1.29 is 9.59 Å². The number of anilines is 2. The lowest BCUT2D eigenvalue weighted by atomic mass is 10.1. The van der Waals surface area contributed by atoms with Crippen molar-refractivity contribution in [2.24, 2.45) is 5.92 Å². The van der Waals surface area contributed by atoms with E-state index < -0.39 is 0 Å². The van der Waals surface area contributed by atoms with Crippen molar-refractivity contribution in [2.75, 3.05) is 10.6 Å². The van der Waals surface area contributed by atoms with Gasteiger partial charge in [-0.15, -0.1) is 0 Å². The molecule has 1 heterocycles. The number of nitrogens with zero attached hydrogens (tertiary/aromatic N) is 2. The molecular weight excluding hydrogens is 392 g/mol. The standard InChI is InChI=1S/C24H28N4O3/c1-4-5-8-15-28-24(31)20-10-7-6-9-19(20)21(27-28)23(30)26-18-13-11-17(12-14-18)25-22(29)16(2)3/h6-7,9-14,16H,4-5,8,15H2,1-3H3,(H,25,29)(H,26,30). The van der Waals surface area contributed by atoms with Crippen molar-refractivity contribution in [3.63, 3.8) is 0 Å². The summed E-state index contributed by atoms with van der Waals surface area (Å²) in [6.07, 6.45) is 2.85. The molecule has 2 aromatic carbocycles. The largest absolute Gasteiger partial charge is 0.326 e. The molecular formula is C24H28N4O3. The van der Waals surface area contributed by atoms with Crippen LogP contribution in [0.25, 0.3) is 10.8 Å². The van der Waals surface area contributed by atoms with Crippen molar-refractivity contribution >= 4 is 34.0 Å². The highest BCUT2D eigenvalue weighted by molar-refractivity contribution is 6.11. The zero-order valence-electron chi connectivity index (χ0n) is 18.1. The van der Waals surface area contributed by atoms with Crippen molar-refractivity contribution in [2.45, 2.75) is 46.6 Å². The number of hydrogen-bond donors (Lipinski definition) is 2. The second kappa shape index (κ2) is 10.0. The summed E-state index contributed by atoms with van der Waals surface area (Å²) in [7, 11) is 0. The highest BCUT2D eigenvalue weighted by atomic mass is 16.2. The minimum Gasteiger partial charge on any atom is -0.326 e. The Morgan fingerprint density at radius 2 is 1.55 bits per heavy atom. The second-order valence-corrected chi connectivity index (χ2v) is 7.81. The van der Waals surface area contributed by atoms with Crippen LogP contribution in [0, 0.1) is 5.92 Å². The van der Waals surface area contributed by atoms with Crippen LogP contribution in [0.1, 0.15) is 50.5 Å². The van der Waals surface area contributed by atoms with Gasteiger partial charge in [-0.3, -0.25) is 14.4 Å². The molecule has 2 N–H and O–H groups in total. The van der Waals surface area contributed by atoms with Crippen LogP contribution in [-0.4, -0.2) is 21.6 Å². The Kier molecular flexibility index (Phi) is 7.18. The van der Waals surface area contributed by atoms with Gasteiger partial charge in [-0.2, -0.15) is 5.10 Å². The summed E-state index contributed by atoms with van der Waals surface area (Å²) in [5.74, 6) is -0.580. The minimum absolute atomic E-state index is 0.0715. The zero-order valence-corrected chi connectivity index (χ0v) is 18.1. The number of rotatable bonds is 8. The topological polar surface area (TPSA) is 93.1 Å². The fourth-order valence-electron chi connectivity index (χ4n) is 3.18. The average Bonchev–Trinajstić information content (AvgIpc) is 2.76. The van der Waals surface area contributed by atoms with Crippen molar-refractivity contribution in [1.29, 1.82) is 0 Å². The molecule has 0 aliphatic heterocycles. The Hall–Kier alpha value is -3.48. The van der Waals surface area contributed by atoms with Crippen molar-refractivity contribution in [3.8, 4) is 0 Å². The van der Waals surface area contributed by atoms with Crippen LogP contribution < -0.4 is 16.2 Å². The summed E-state index contributed by atoms with van der Waals surface area (Å²) in [5.41, 5.74) is 1.25. The van der Waals surface area contributed by atoms with Gasteiger partial charge in [0.1, 0.15) is 0 Å². The molecule has 2 amide bonds. The monoisotopic (exact) mass is 420 g/mol. The number of benzene rings is 2. The number of aryl methyl sites for hydroxylation is 1. The predicted molar refractivity (Wildman–Crippen MR) is 123 cm³/mol. The molecule has 0 bridgehead atoms. The number of aromatic nitrogens is 2. The van der Waals surface area contributed by atoms with E-state index in [1.54, 1.807) is 48.5 Å². The van der Waals surface area contributed by atoms with Crippen LogP contribution in [0.5, 0.6) is 0 Å². The molecule has 0 unspecified atom stereocenters. The number of amides is 2. The third kappa shape index (κ3) is 5.36. The van der Waals surface area contributed by atoms with E-state index in [9.17, 15) is 14.4 Å². The van der Waals surface area contributed by atoms with E-state index >= 15 is 0 Å². The van der Waals surface area contributed by atoms with Crippen molar-refractivity contribution in [1.82, 2.24) is 9.78 Å². The molecule has 31 heavy (non-hydrogen) atoms. The van der Waals surface area contributed by atoms with E-state index in [4.69, 9.17) is 0 Å². The lowest BCUT2D eigenvalue weighted by Gasteiger charge is -2.12. The van der Waals surface area contributed by atoms with Gasteiger partial charge in [0.2, 0.25) is 5.91 Å². The molecule has 0 fully saturated rings. The van der Waals surface area contributed by atoms with E-state index in [1.807, 2.05) is 13.8 Å². The summed E-state index contributed by atoms with van der Waals surface area (Å²) in [4.78, 5) is 37.6. The van der Waals surface area contributed by atoms with E-state index in [0.29, 0.717) is 28.7 Å². The van der Waals surface area contributed by atoms with Gasteiger partial charge in [0, 0.05) is 29.2 Å². The minimum atomic E-state index is -0.389. The van der Waals surface area contributed by atoms with Gasteiger partial charge in [-0.05, 0) is 36.8 Å². The molecule has 7 heteroatoms. The zero-order chi connectivity index (χ0) is 22.4. The Morgan fingerprint density at radius 1 is 0.935 bits per heavy atom. The van der Waals surface area contributed by atoms with E-state index in [2.05, 4.69) is 22.7 Å². The molecule has 7 nitrogen and oxygen atoms in total. The molecule has 0 spiro atoms. The number of carbonyl (C=O) groups excluding carboxylic acids is 2. The van der Waals surface area contributed by atoms with Gasteiger partial charge in [-0.25, -0.2) is 4.68 Å². The van der Waals surface area contributed by atoms with Crippen molar-refractivity contribution in [3.05, 3.63) is 64.6 Å². The smallest absolute Gasteiger partial charge is 0.276 e. The SMILES string of the molecule is CCCCCn1nc(C(=O)Nc2ccc(NC(=O)C(C)C)cc2)c2ccccc2c1=O. The number of carbonyl (C=O) groups is 2. The first-order valence-corrected chi connectivity index (χ1v) is 10.6. The van der Waals surface area contributed by atoms with Gasteiger partial charge in [-0.1, -0.05) is 51.8 Å². The Morgan fingerprint density at radius 3 is 2.16 bits per heavy atom. The van der Waals surface area contributed by atoms with Gasteiger partial charge in [0.05, 0.1) is 5.39 Å². The van der Waals surface area contributed by atoms with Crippen LogP contribution in [0.15, 0.2) is 53.3 Å². The maximum absolute atomic E-state index is 13.0. The molecule has 162 valence electrons. The maximum atomic E-state index is 13.0. The fraction of sp³-hybridized carbons (Fsp3) is 0.333. The highest BCUT2D eigenvalue weighted by Gasteiger charge is 2.17. The summed E-state index contributed by atoms with van der Waals surface area (Å²) in [6.45, 7) is 6.21. The third-order valence-corrected chi connectivity index (χ3v) is 4.99. The van der Waals surface area contributed by atoms with Gasteiger partial charge < -0.3 is 10.6 Å². The van der Waals surface area contributed by atoms with Gasteiger partial charge in [0.25, 0.3) is 11.5 Å². The molecule has 3 aromatic rings. The number of nitrogens with one attached hydrogen (secondary N) is 2. The molecule has 0 aliphatic carbocycles. The van der Waals surface area contributed by atoms with E-state index in [0.717, 1.165) is 19.3 Å². The summed E-state index contributed by atoms with van der Waals surface area (Å²) >= 11 is 0. The molecule has 0 atom stereocenters. The average molecular weight is 421 g/mol. The van der Waals surface area contributed by atoms with E-state index in [-0.39, 0.29) is 29.0 Å². The molecule has 0 aliphatic rings. The fourth-order valence-corrected chi connectivity index (χ4v) is 3.18. The normalized spacial score (nSPS) is 11.0. The van der Waals surface area contributed by atoms with Crippen LogP contribution in [0.3, 0.4) is 0 Å². The molecule has 0 radical (unpaired) electrons. The lowest BCUT2D eigenvalue weighted by Crippen LogP contribution is -2.27. The summed E-state index contributed by atoms with van der Waals surface area (Å²) in [6, 6.07) is 13.9. The first kappa shape index (κ1) is 22.2. The predicted octanol–water partition coefficient (Wildman–Crippen LogP) is 4.43. The first-order chi connectivity index (χ1) is 14.9. The molecule has 0 saturated heterocycles. The van der Waals surface area contributed by atoms with Gasteiger partial charge >= 0.3 is 0 Å². The van der Waals surface area contributed by atoms with Crippen LogP contribution >= 0.6 is 0 Å². The molecule has 0 saturated carbocycles.